The van der Waals surface area contributed by atoms with Crippen molar-refractivity contribution in [2.45, 2.75) is 252 Å². The average Bonchev–Trinajstić information content (AvgIpc) is 3.30. The predicted molar refractivity (Wildman–Crippen MR) is 335 cm³/mol. The van der Waals surface area contributed by atoms with Crippen LogP contribution in [-0.4, -0.2) is 95.8 Å². The molecule has 1 fully saturated rings. The third-order valence-electron chi connectivity index (χ3n) is 11.6. The molecule has 80 heavy (non-hydrogen) atoms. The summed E-state index contributed by atoms with van der Waals surface area (Å²) in [6.45, 7) is 59.4. The third kappa shape index (κ3) is 28.3. The van der Waals surface area contributed by atoms with E-state index in [1.165, 1.54) is 5.56 Å². The molecule has 1 unspecified atom stereocenters. The summed E-state index contributed by atoms with van der Waals surface area (Å²) >= 11 is 0. The van der Waals surface area contributed by atoms with Gasteiger partial charge in [-0.05, 0) is 110 Å². The van der Waals surface area contributed by atoms with Gasteiger partial charge in [-0.15, -0.1) is 0 Å². The Kier molecular flexibility index (Phi) is 28.7. The maximum Gasteiger partial charge on any atom is 0.320 e. The van der Waals surface area contributed by atoms with Crippen LogP contribution in [0.5, 0.6) is 0 Å². The minimum Gasteiger partial charge on any atom is -0.328 e. The molecule has 0 radical (unpaired) electrons. The van der Waals surface area contributed by atoms with Crippen molar-refractivity contribution >= 4 is 6.03 Å². The molecule has 0 aliphatic carbocycles. The van der Waals surface area contributed by atoms with E-state index >= 15 is 0 Å². The van der Waals surface area contributed by atoms with Crippen LogP contribution in [0.4, 0.5) is 4.79 Å². The van der Waals surface area contributed by atoms with E-state index in [2.05, 4.69) is 226 Å². The lowest BCUT2D eigenvalue weighted by molar-refractivity contribution is 0.0613. The normalized spacial score (nSPS) is 13.7. The van der Waals surface area contributed by atoms with Gasteiger partial charge in [0.05, 0.1) is 11.4 Å². The van der Waals surface area contributed by atoms with Gasteiger partial charge >= 0.3 is 6.03 Å². The molecule has 1 aliphatic rings. The average molecular weight is 1100 g/mol. The Hall–Kier alpha value is -6.18. The zero-order valence-electron chi connectivity index (χ0n) is 54.7. The van der Waals surface area contributed by atoms with Crippen molar-refractivity contribution < 1.29 is 4.79 Å². The van der Waals surface area contributed by atoms with Crippen LogP contribution < -0.4 is 0 Å². The van der Waals surface area contributed by atoms with E-state index in [0.717, 1.165) is 75.6 Å². The van der Waals surface area contributed by atoms with Gasteiger partial charge in [0.25, 0.3) is 0 Å². The number of nitrogens with zero attached hydrogens (tertiary/aromatic N) is 13. The van der Waals surface area contributed by atoms with E-state index in [-0.39, 0.29) is 51.5 Å². The molecule has 1 aliphatic heterocycles. The minimum absolute atomic E-state index is 0. The van der Waals surface area contributed by atoms with Crippen LogP contribution in [0.1, 0.15) is 234 Å². The molecule has 0 N–H and O–H groups in total. The maximum atomic E-state index is 11.8. The maximum absolute atomic E-state index is 11.8. The predicted octanol–water partition coefficient (Wildman–Crippen LogP) is 15.7. The van der Waals surface area contributed by atoms with Crippen molar-refractivity contribution in [3.8, 4) is 0 Å². The van der Waals surface area contributed by atoms with Gasteiger partial charge in [-0.3, -0.25) is 15.0 Å². The van der Waals surface area contributed by atoms with Crippen LogP contribution in [0.15, 0.2) is 80.3 Å². The number of carbonyl (C=O) groups is 1. The Morgan fingerprint density at radius 2 is 0.662 bits per heavy atom. The van der Waals surface area contributed by atoms with Crippen LogP contribution in [-0.2, 0) is 32.5 Å². The van der Waals surface area contributed by atoms with Crippen molar-refractivity contribution in [1.82, 2.24) is 64.6 Å². The van der Waals surface area contributed by atoms with E-state index < -0.39 is 0 Å². The summed E-state index contributed by atoms with van der Waals surface area (Å²) < 4.78 is 0. The number of rotatable bonds is 0. The molecule has 14 nitrogen and oxygen atoms in total. The molecule has 14 heteroatoms. The highest BCUT2D eigenvalue weighted by molar-refractivity contribution is 5.76. The highest BCUT2D eigenvalue weighted by atomic mass is 16.2. The molecule has 6 aromatic heterocycles. The zero-order valence-corrected chi connectivity index (χ0v) is 54.7. The molecule has 7 rings (SSSR count). The van der Waals surface area contributed by atoms with Gasteiger partial charge < -0.3 is 9.80 Å². The molecular formula is C66H109N13O. The Bertz CT molecular complexity index is 2230. The van der Waals surface area contributed by atoms with Crippen LogP contribution in [0, 0.1) is 41.5 Å². The SMILES string of the molecule is C.CC1CCN(C)C(=O)N1C(C)(C)C.Cc1ccc(C(C)(C)C)nc1.Cc1cnc(C(C)(C)C)cn1.Cc1cnc(C(C)(C)C)nc1.Cc1cnc(C(C)(C)C)nc1.Cc1cnc(C(C)(C)C)nc1.Cc1cnc(C(C)(C)C)nc1. The fourth-order valence-corrected chi connectivity index (χ4v) is 6.74. The molecule has 0 saturated carbocycles. The summed E-state index contributed by atoms with van der Waals surface area (Å²) in [6.07, 6.45) is 21.5. The lowest BCUT2D eigenvalue weighted by Gasteiger charge is -2.46. The molecule has 7 heterocycles. The zero-order chi connectivity index (χ0) is 61.1. The quantitative estimate of drug-likeness (QED) is 0.142. The summed E-state index contributed by atoms with van der Waals surface area (Å²) in [5, 5.41) is 0. The molecule has 0 spiro atoms. The Labute approximate surface area is 487 Å². The van der Waals surface area contributed by atoms with E-state index in [4.69, 9.17) is 0 Å². The molecule has 444 valence electrons. The van der Waals surface area contributed by atoms with Crippen LogP contribution >= 0.6 is 0 Å². The first kappa shape index (κ1) is 73.8. The lowest BCUT2D eigenvalue weighted by Crippen LogP contribution is -2.59. The van der Waals surface area contributed by atoms with Gasteiger partial charge in [0.1, 0.15) is 23.3 Å². The summed E-state index contributed by atoms with van der Waals surface area (Å²) in [5.41, 5.74) is 9.30. The second-order valence-corrected chi connectivity index (χ2v) is 28.0. The van der Waals surface area contributed by atoms with E-state index in [9.17, 15) is 4.79 Å². The number of hydrogen-bond donors (Lipinski definition) is 0. The number of hydrogen-bond acceptors (Lipinski definition) is 12. The largest absolute Gasteiger partial charge is 0.328 e. The number of amides is 2. The Morgan fingerprint density at radius 1 is 0.375 bits per heavy atom. The van der Waals surface area contributed by atoms with Crippen molar-refractivity contribution in [3.63, 3.8) is 0 Å². The number of aromatic nitrogens is 11. The second-order valence-electron chi connectivity index (χ2n) is 28.0. The molecule has 6 aromatic rings. The van der Waals surface area contributed by atoms with E-state index in [0.29, 0.717) is 6.04 Å². The standard InChI is InChI=1S/C10H20N2O.C10H15N.5C9H14N2.CH4/c1-8-6-7-11(5)9(13)12(8)10(2,3)4;1-8-5-6-9(11-7-8)10(2,3)4;1-7-5-11-8(6-10-7)9(2,3)4;4*1-7-5-10-8(11-6-7)9(2,3)4;/h8H,6-7H2,1-5H3;5-7H,1-4H3;5*5-6H,1-4H3;1H4. The Morgan fingerprint density at radius 3 is 0.875 bits per heavy atom. The highest BCUT2D eigenvalue weighted by Gasteiger charge is 2.36. The first-order chi connectivity index (χ1) is 35.8. The second kappa shape index (κ2) is 31.1. The van der Waals surface area contributed by atoms with Gasteiger partial charge in [-0.2, -0.15) is 0 Å². The topological polar surface area (TPSA) is 165 Å². The summed E-state index contributed by atoms with van der Waals surface area (Å²) in [4.78, 5) is 62.3. The summed E-state index contributed by atoms with van der Waals surface area (Å²) in [6, 6.07) is 4.72. The fraction of sp³-hybridized carbons (Fsp3) is 0.606. The smallest absolute Gasteiger partial charge is 0.320 e. The number of carbonyl (C=O) groups excluding carboxylic acids is 1. The molecule has 1 saturated heterocycles. The van der Waals surface area contributed by atoms with E-state index in [1.807, 2.05) is 109 Å². The number of urea groups is 1. The lowest BCUT2D eigenvalue weighted by atomic mass is 9.91. The monoisotopic (exact) mass is 1100 g/mol. The van der Waals surface area contributed by atoms with Gasteiger partial charge in [0.15, 0.2) is 0 Å². The molecule has 2 amide bonds. The van der Waals surface area contributed by atoms with Gasteiger partial charge in [0.2, 0.25) is 0 Å². The highest BCUT2D eigenvalue weighted by Crippen LogP contribution is 2.25. The van der Waals surface area contributed by atoms with Crippen molar-refractivity contribution in [2.24, 2.45) is 0 Å². The molecule has 0 aromatic carbocycles. The molecule has 1 atom stereocenters. The molecule has 0 bridgehead atoms. The van der Waals surface area contributed by atoms with Crippen molar-refractivity contribution in [1.29, 1.82) is 0 Å². The van der Waals surface area contributed by atoms with Crippen LogP contribution in [0.3, 0.4) is 0 Å². The van der Waals surface area contributed by atoms with Crippen molar-refractivity contribution in [3.05, 3.63) is 148 Å². The summed E-state index contributed by atoms with van der Waals surface area (Å²) in [5.74, 6) is 3.62. The third-order valence-corrected chi connectivity index (χ3v) is 11.6. The van der Waals surface area contributed by atoms with Crippen molar-refractivity contribution in [2.75, 3.05) is 13.6 Å². The van der Waals surface area contributed by atoms with E-state index in [1.54, 1.807) is 11.1 Å². The minimum atomic E-state index is -0.0643. The first-order valence-electron chi connectivity index (χ1n) is 27.8. The number of aryl methyl sites for hydroxylation is 6. The molecular weight excluding hydrogens is 991 g/mol. The van der Waals surface area contributed by atoms with Gasteiger partial charge in [0, 0.05) is 132 Å². The summed E-state index contributed by atoms with van der Waals surface area (Å²) in [7, 11) is 1.87. The van der Waals surface area contributed by atoms with Gasteiger partial charge in [-0.25, -0.2) is 44.7 Å². The number of pyridine rings is 1. The Balaban J connectivity index is 0.000000909. The van der Waals surface area contributed by atoms with Gasteiger partial charge in [-0.1, -0.05) is 138 Å². The first-order valence-corrected chi connectivity index (χ1v) is 27.8. The van der Waals surface area contributed by atoms with Crippen LogP contribution in [0.2, 0.25) is 0 Å². The van der Waals surface area contributed by atoms with Crippen LogP contribution in [0.25, 0.3) is 0 Å². The fourth-order valence-electron chi connectivity index (χ4n) is 6.74.